The Morgan fingerprint density at radius 1 is 1.29 bits per heavy atom. The summed E-state index contributed by atoms with van der Waals surface area (Å²) in [6.45, 7) is -0.483. The van der Waals surface area contributed by atoms with E-state index in [1.54, 1.807) is 28.8 Å². The molecule has 1 aromatic carbocycles. The molecule has 178 valence electrons. The fraction of sp³-hybridized carbons (Fsp3) is 0.333. The summed E-state index contributed by atoms with van der Waals surface area (Å²) in [7, 11) is -0.945. The molecule has 13 heteroatoms. The number of carbonyl (C=O) groups excluding carboxylic acids is 1. The molecule has 2 aromatic heterocycles. The van der Waals surface area contributed by atoms with E-state index in [0.29, 0.717) is 16.7 Å². The van der Waals surface area contributed by atoms with E-state index in [0.717, 1.165) is 0 Å². The molecule has 1 aliphatic rings. The number of imidazole rings is 1. The van der Waals surface area contributed by atoms with Crippen LogP contribution in [0.1, 0.15) is 16.6 Å². The molecule has 0 aliphatic carbocycles. The van der Waals surface area contributed by atoms with E-state index in [-0.39, 0.29) is 18.3 Å². The zero-order chi connectivity index (χ0) is 24.1. The number of ether oxygens (including phenoxy) is 2. The van der Waals surface area contributed by atoms with Crippen LogP contribution in [0.5, 0.6) is 0 Å². The highest BCUT2D eigenvalue weighted by molar-refractivity contribution is 7.40. The third-order valence-corrected chi connectivity index (χ3v) is 5.83. The fourth-order valence-electron chi connectivity index (χ4n) is 3.57. The molecule has 12 nitrogen and oxygen atoms in total. The summed E-state index contributed by atoms with van der Waals surface area (Å²) in [6.07, 6.45) is 4.64. The fourth-order valence-corrected chi connectivity index (χ4v) is 4.12. The molecule has 3 aromatic rings. The Morgan fingerprint density at radius 2 is 2.09 bits per heavy atom. The van der Waals surface area contributed by atoms with Gasteiger partial charge in [0.05, 0.1) is 12.9 Å². The first-order valence-electron chi connectivity index (χ1n) is 10.1. The van der Waals surface area contributed by atoms with Gasteiger partial charge in [-0.05, 0) is 12.1 Å². The maximum Gasteiger partial charge on any atom is 0.330 e. The smallest absolute Gasteiger partial charge is 0.330 e. The van der Waals surface area contributed by atoms with Gasteiger partial charge in [0.2, 0.25) is 0 Å². The predicted molar refractivity (Wildman–Crippen MR) is 120 cm³/mol. The number of nitrogens with one attached hydrogen (secondary N) is 1. The Labute approximate surface area is 195 Å². The van der Waals surface area contributed by atoms with Crippen molar-refractivity contribution in [3.8, 4) is 12.3 Å². The Hall–Kier alpha value is -3.01. The third-order valence-electron chi connectivity index (χ3n) is 5.09. The number of anilines is 1. The number of rotatable bonds is 9. The SMILES string of the molecule is C#CCO[C@H]1C(OP(O)OC)[C@@H](CO)O[C@H]1n1cnc2c(NC(=O)c3ccccc3)ncnc21. The summed E-state index contributed by atoms with van der Waals surface area (Å²) in [5.74, 6) is 2.24. The Balaban J connectivity index is 1.66. The summed E-state index contributed by atoms with van der Waals surface area (Å²) in [4.78, 5) is 35.3. The number of amides is 1. The van der Waals surface area contributed by atoms with Gasteiger partial charge in [-0.2, -0.15) is 0 Å². The van der Waals surface area contributed by atoms with Crippen molar-refractivity contribution in [1.29, 1.82) is 0 Å². The van der Waals surface area contributed by atoms with Crippen LogP contribution in [0.25, 0.3) is 11.2 Å². The molecule has 1 saturated heterocycles. The average Bonchev–Trinajstić information content (AvgIpc) is 3.44. The maximum atomic E-state index is 12.6. The van der Waals surface area contributed by atoms with Gasteiger partial charge in [0, 0.05) is 12.7 Å². The lowest BCUT2D eigenvalue weighted by molar-refractivity contribution is -0.0635. The van der Waals surface area contributed by atoms with Crippen molar-refractivity contribution in [3.63, 3.8) is 0 Å². The first-order chi connectivity index (χ1) is 16.6. The normalized spacial score (nSPS) is 23.0. The Morgan fingerprint density at radius 3 is 2.79 bits per heavy atom. The standard InChI is InChI=1S/C21H22N5O7P/c1-3-9-31-17-16(33-34(29)30-2)14(10-27)32-21(17)26-12-24-15-18(22-11-23-19(15)26)25-20(28)13-7-5-4-6-8-13/h1,4-8,11-12,14,16-17,21,27,29H,9-10H2,2H3,(H,22,23,25,28)/t14-,16?,17+,21-,34?/m1/s1. The second-order valence-electron chi connectivity index (χ2n) is 7.08. The van der Waals surface area contributed by atoms with E-state index in [1.807, 2.05) is 6.07 Å². The van der Waals surface area contributed by atoms with Crippen LogP contribution in [0.15, 0.2) is 43.0 Å². The van der Waals surface area contributed by atoms with Crippen LogP contribution >= 0.6 is 8.60 Å². The van der Waals surface area contributed by atoms with Crippen molar-refractivity contribution in [3.05, 3.63) is 48.5 Å². The van der Waals surface area contributed by atoms with Crippen LogP contribution in [0.3, 0.4) is 0 Å². The Kier molecular flexibility index (Phi) is 7.77. The molecule has 0 radical (unpaired) electrons. The zero-order valence-corrected chi connectivity index (χ0v) is 18.9. The monoisotopic (exact) mass is 487 g/mol. The van der Waals surface area contributed by atoms with E-state index >= 15 is 0 Å². The molecule has 0 spiro atoms. The summed E-state index contributed by atoms with van der Waals surface area (Å²) < 4.78 is 23.7. The van der Waals surface area contributed by atoms with Crippen LogP contribution in [0.4, 0.5) is 5.82 Å². The topological polar surface area (TPSA) is 150 Å². The number of nitrogens with zero attached hydrogens (tertiary/aromatic N) is 4. The van der Waals surface area contributed by atoms with Crippen molar-refractivity contribution in [2.24, 2.45) is 0 Å². The highest BCUT2D eigenvalue weighted by atomic mass is 31.2. The van der Waals surface area contributed by atoms with Crippen molar-refractivity contribution in [1.82, 2.24) is 19.5 Å². The number of carbonyl (C=O) groups is 1. The number of fused-ring (bicyclic) bond motifs is 1. The molecule has 4 rings (SSSR count). The lowest BCUT2D eigenvalue weighted by Crippen LogP contribution is -2.37. The molecule has 1 aliphatic heterocycles. The molecule has 2 unspecified atom stereocenters. The zero-order valence-electron chi connectivity index (χ0n) is 18.0. The van der Waals surface area contributed by atoms with E-state index < -0.39 is 39.7 Å². The molecule has 0 bridgehead atoms. The van der Waals surface area contributed by atoms with Gasteiger partial charge in [-0.25, -0.2) is 15.0 Å². The number of aromatic nitrogens is 4. The molecule has 1 fully saturated rings. The first kappa shape index (κ1) is 24.1. The molecule has 34 heavy (non-hydrogen) atoms. The second-order valence-corrected chi connectivity index (χ2v) is 8.14. The van der Waals surface area contributed by atoms with Gasteiger partial charge in [-0.1, -0.05) is 24.1 Å². The van der Waals surface area contributed by atoms with Gasteiger partial charge in [0.15, 0.2) is 23.2 Å². The summed E-state index contributed by atoms with van der Waals surface area (Å²) in [6, 6.07) is 8.68. The van der Waals surface area contributed by atoms with E-state index in [4.69, 9.17) is 24.9 Å². The maximum absolute atomic E-state index is 12.6. The number of hydrogen-bond acceptors (Lipinski definition) is 10. The van der Waals surface area contributed by atoms with Gasteiger partial charge < -0.3 is 33.8 Å². The van der Waals surface area contributed by atoms with Gasteiger partial charge in [0.1, 0.15) is 31.2 Å². The Bertz CT molecular complexity index is 1170. The largest absolute Gasteiger partial charge is 0.394 e. The number of aliphatic hydroxyl groups is 1. The number of terminal acetylenes is 1. The average molecular weight is 487 g/mol. The number of benzene rings is 1. The summed E-state index contributed by atoms with van der Waals surface area (Å²) >= 11 is 0. The first-order valence-corrected chi connectivity index (χ1v) is 11.3. The van der Waals surface area contributed by atoms with Crippen molar-refractivity contribution < 1.29 is 33.3 Å². The second kappa shape index (κ2) is 10.9. The number of aliphatic hydroxyl groups excluding tert-OH is 1. The van der Waals surface area contributed by atoms with Crippen molar-refractivity contribution in [2.45, 2.75) is 24.5 Å². The minimum atomic E-state index is -2.23. The van der Waals surface area contributed by atoms with E-state index in [2.05, 4.69) is 26.2 Å². The minimum absolute atomic E-state index is 0.0706. The molecule has 0 saturated carbocycles. The van der Waals surface area contributed by atoms with Gasteiger partial charge in [0.25, 0.3) is 5.91 Å². The van der Waals surface area contributed by atoms with Crippen LogP contribution in [0, 0.1) is 12.3 Å². The molecule has 5 atom stereocenters. The summed E-state index contributed by atoms with van der Waals surface area (Å²) in [5.41, 5.74) is 1.12. The molecular formula is C21H22N5O7P. The van der Waals surface area contributed by atoms with Crippen molar-refractivity contribution >= 4 is 31.5 Å². The quantitative estimate of drug-likeness (QED) is 0.297. The van der Waals surface area contributed by atoms with Crippen molar-refractivity contribution in [2.75, 3.05) is 25.6 Å². The predicted octanol–water partition coefficient (Wildman–Crippen LogP) is 1.24. The highest BCUT2D eigenvalue weighted by Crippen LogP contribution is 2.42. The number of hydrogen-bond donors (Lipinski definition) is 3. The third kappa shape index (κ3) is 4.91. The van der Waals surface area contributed by atoms with Gasteiger partial charge in [-0.15, -0.1) is 6.42 Å². The van der Waals surface area contributed by atoms with Gasteiger partial charge >= 0.3 is 8.60 Å². The van der Waals surface area contributed by atoms with E-state index in [9.17, 15) is 14.8 Å². The molecule has 3 heterocycles. The van der Waals surface area contributed by atoms with Crippen LogP contribution < -0.4 is 5.32 Å². The van der Waals surface area contributed by atoms with E-state index in [1.165, 1.54) is 19.8 Å². The van der Waals surface area contributed by atoms with Crippen LogP contribution in [-0.2, 0) is 18.5 Å². The lowest BCUT2D eigenvalue weighted by Gasteiger charge is -2.24. The summed E-state index contributed by atoms with van der Waals surface area (Å²) in [5, 5.41) is 12.6. The molecule has 1 amide bonds. The minimum Gasteiger partial charge on any atom is -0.394 e. The highest BCUT2D eigenvalue weighted by Gasteiger charge is 2.49. The van der Waals surface area contributed by atoms with Gasteiger partial charge in [-0.3, -0.25) is 9.36 Å². The lowest BCUT2D eigenvalue weighted by atomic mass is 10.1. The molecule has 3 N–H and O–H groups in total. The van der Waals surface area contributed by atoms with Crippen LogP contribution in [0.2, 0.25) is 0 Å². The van der Waals surface area contributed by atoms with Crippen LogP contribution in [-0.4, -0.2) is 74.1 Å². The molecular weight excluding hydrogens is 465 g/mol.